The summed E-state index contributed by atoms with van der Waals surface area (Å²) in [5.41, 5.74) is 3.01. The van der Waals surface area contributed by atoms with Crippen LogP contribution >= 0.6 is 27.3 Å². The third-order valence-electron chi connectivity index (χ3n) is 5.91. The second-order valence-corrected chi connectivity index (χ2v) is 10.1. The van der Waals surface area contributed by atoms with E-state index in [9.17, 15) is 9.59 Å². The van der Waals surface area contributed by atoms with E-state index in [4.69, 9.17) is 14.2 Å². The molecule has 2 aromatic carbocycles. The van der Waals surface area contributed by atoms with Gasteiger partial charge >= 0.3 is 5.97 Å². The predicted octanol–water partition coefficient (Wildman–Crippen LogP) is 3.25. The van der Waals surface area contributed by atoms with E-state index in [1.165, 1.54) is 30.1 Å². The number of anilines is 1. The van der Waals surface area contributed by atoms with Crippen molar-refractivity contribution >= 4 is 45.0 Å². The van der Waals surface area contributed by atoms with Gasteiger partial charge in [0.05, 0.1) is 42.8 Å². The van der Waals surface area contributed by atoms with Crippen molar-refractivity contribution in [3.63, 3.8) is 0 Å². The first kappa shape index (κ1) is 25.7. The van der Waals surface area contributed by atoms with Crippen molar-refractivity contribution in [1.29, 1.82) is 0 Å². The summed E-state index contributed by atoms with van der Waals surface area (Å²) in [6.07, 6.45) is 1.83. The van der Waals surface area contributed by atoms with Gasteiger partial charge in [-0.2, -0.15) is 0 Å². The molecule has 36 heavy (non-hydrogen) atoms. The first-order valence-electron chi connectivity index (χ1n) is 11.0. The van der Waals surface area contributed by atoms with E-state index in [2.05, 4.69) is 20.9 Å². The zero-order valence-corrected chi connectivity index (χ0v) is 23.2. The van der Waals surface area contributed by atoms with Gasteiger partial charge in [0.25, 0.3) is 5.56 Å². The van der Waals surface area contributed by atoms with E-state index in [1.807, 2.05) is 43.3 Å². The summed E-state index contributed by atoms with van der Waals surface area (Å²) in [5, 5.41) is 0. The largest absolute Gasteiger partial charge is 0.497 e. The van der Waals surface area contributed by atoms with Crippen molar-refractivity contribution in [3.8, 4) is 11.5 Å². The predicted molar refractivity (Wildman–Crippen MR) is 144 cm³/mol. The summed E-state index contributed by atoms with van der Waals surface area (Å²) in [6, 6.07) is 10.4. The fraction of sp³-hybridized carbons (Fsp3) is 0.269. The van der Waals surface area contributed by atoms with Gasteiger partial charge in [-0.25, -0.2) is 9.79 Å². The number of benzene rings is 2. The van der Waals surface area contributed by atoms with Crippen LogP contribution in [-0.2, 0) is 9.53 Å². The summed E-state index contributed by atoms with van der Waals surface area (Å²) in [6.45, 7) is 1.74. The molecule has 0 aliphatic carbocycles. The molecule has 1 aliphatic heterocycles. The van der Waals surface area contributed by atoms with Crippen molar-refractivity contribution in [1.82, 2.24) is 4.57 Å². The molecule has 1 aliphatic rings. The lowest BCUT2D eigenvalue weighted by atomic mass is 9.95. The molecule has 3 aromatic rings. The molecule has 8 nitrogen and oxygen atoms in total. The molecule has 0 amide bonds. The van der Waals surface area contributed by atoms with E-state index < -0.39 is 12.0 Å². The number of hydrogen-bond donors (Lipinski definition) is 0. The highest BCUT2D eigenvalue weighted by atomic mass is 79.9. The van der Waals surface area contributed by atoms with Gasteiger partial charge in [-0.05, 0) is 58.8 Å². The van der Waals surface area contributed by atoms with E-state index in [0.717, 1.165) is 15.7 Å². The Morgan fingerprint density at radius 2 is 1.89 bits per heavy atom. The molecule has 0 bridgehead atoms. The standard InChI is InChI=1S/C26H26BrN3O5S/c1-14-22(25(32)35-6)23(17-9-8-16(33-4)13-20(17)34-5)30-24(31)21(36-26(30)28-14)12-15-7-10-19(29(2)3)18(27)11-15/h7-13,23H,1-6H3/b21-12+. The number of allylic oxidation sites excluding steroid dienone is 1. The highest BCUT2D eigenvalue weighted by molar-refractivity contribution is 9.10. The van der Waals surface area contributed by atoms with Gasteiger partial charge in [0.2, 0.25) is 0 Å². The number of nitrogens with zero attached hydrogens (tertiary/aromatic N) is 3. The number of fused-ring (bicyclic) bond motifs is 1. The van der Waals surface area contributed by atoms with Gasteiger partial charge in [-0.15, -0.1) is 0 Å². The van der Waals surface area contributed by atoms with E-state index in [1.54, 1.807) is 32.2 Å². The summed E-state index contributed by atoms with van der Waals surface area (Å²) in [4.78, 5) is 33.8. The fourth-order valence-corrected chi connectivity index (χ4v) is 5.96. The van der Waals surface area contributed by atoms with Gasteiger partial charge in [-0.3, -0.25) is 9.36 Å². The number of ether oxygens (including phenoxy) is 3. The number of hydrogen-bond acceptors (Lipinski definition) is 8. The normalized spacial score (nSPS) is 15.3. The van der Waals surface area contributed by atoms with Crippen LogP contribution in [0.15, 0.2) is 61.9 Å². The molecule has 4 rings (SSSR count). The lowest BCUT2D eigenvalue weighted by Crippen LogP contribution is -2.40. The number of carbonyl (C=O) groups is 1. The lowest BCUT2D eigenvalue weighted by molar-refractivity contribution is -0.136. The SMILES string of the molecule is COC(=O)C1=C(C)N=c2s/c(=C/c3ccc(N(C)C)c(Br)c3)c(=O)n2C1c1ccc(OC)cc1OC. The Balaban J connectivity index is 1.96. The fourth-order valence-electron chi connectivity index (χ4n) is 4.16. The van der Waals surface area contributed by atoms with Crippen LogP contribution in [0.4, 0.5) is 5.69 Å². The van der Waals surface area contributed by atoms with Crippen molar-refractivity contribution in [2.75, 3.05) is 40.3 Å². The Hall–Kier alpha value is -3.37. The maximum atomic E-state index is 13.8. The molecule has 188 valence electrons. The topological polar surface area (TPSA) is 82.4 Å². The van der Waals surface area contributed by atoms with Crippen molar-refractivity contribution < 1.29 is 19.0 Å². The average Bonchev–Trinajstić information content (AvgIpc) is 3.16. The molecule has 0 radical (unpaired) electrons. The molecule has 0 saturated heterocycles. The van der Waals surface area contributed by atoms with Gasteiger partial charge in [0.15, 0.2) is 4.80 Å². The minimum Gasteiger partial charge on any atom is -0.497 e. The molecule has 1 atom stereocenters. The highest BCUT2D eigenvalue weighted by Crippen LogP contribution is 2.37. The molecule has 1 aromatic heterocycles. The van der Waals surface area contributed by atoms with Crippen LogP contribution in [0.3, 0.4) is 0 Å². The second kappa shape index (κ2) is 10.3. The van der Waals surface area contributed by atoms with Gasteiger partial charge in [0, 0.05) is 30.2 Å². The third-order valence-corrected chi connectivity index (χ3v) is 7.53. The second-order valence-electron chi connectivity index (χ2n) is 8.29. The van der Waals surface area contributed by atoms with Gasteiger partial charge in [0.1, 0.15) is 17.5 Å². The maximum Gasteiger partial charge on any atom is 0.338 e. The quantitative estimate of drug-likeness (QED) is 0.422. The monoisotopic (exact) mass is 571 g/mol. The summed E-state index contributed by atoms with van der Waals surface area (Å²) in [5.74, 6) is 0.514. The van der Waals surface area contributed by atoms with Crippen molar-refractivity contribution in [3.05, 3.63) is 83.0 Å². The van der Waals surface area contributed by atoms with Crippen LogP contribution in [-0.4, -0.2) is 46.0 Å². The Morgan fingerprint density at radius 3 is 2.50 bits per heavy atom. The van der Waals surface area contributed by atoms with Gasteiger partial charge in [-0.1, -0.05) is 17.4 Å². The van der Waals surface area contributed by atoms with Crippen LogP contribution in [0, 0.1) is 0 Å². The molecule has 1 unspecified atom stereocenters. The van der Waals surface area contributed by atoms with Crippen molar-refractivity contribution in [2.45, 2.75) is 13.0 Å². The molecule has 0 saturated carbocycles. The molecule has 2 heterocycles. The number of methoxy groups -OCH3 is 3. The van der Waals surface area contributed by atoms with Crippen LogP contribution in [0.1, 0.15) is 24.1 Å². The number of halogens is 1. The zero-order valence-electron chi connectivity index (χ0n) is 20.8. The molecular weight excluding hydrogens is 546 g/mol. The zero-order chi connectivity index (χ0) is 26.1. The van der Waals surface area contributed by atoms with Crippen LogP contribution in [0.25, 0.3) is 6.08 Å². The lowest BCUT2D eigenvalue weighted by Gasteiger charge is -2.25. The summed E-state index contributed by atoms with van der Waals surface area (Å²) >= 11 is 4.87. The molecule has 10 heteroatoms. The van der Waals surface area contributed by atoms with Crippen molar-refractivity contribution in [2.24, 2.45) is 4.99 Å². The number of carbonyl (C=O) groups excluding carboxylic acids is 1. The minimum atomic E-state index is -0.778. The highest BCUT2D eigenvalue weighted by Gasteiger charge is 2.35. The Bertz CT molecular complexity index is 1550. The van der Waals surface area contributed by atoms with Crippen LogP contribution in [0.2, 0.25) is 0 Å². The summed E-state index contributed by atoms with van der Waals surface area (Å²) < 4.78 is 19.0. The summed E-state index contributed by atoms with van der Waals surface area (Å²) in [7, 11) is 8.33. The third kappa shape index (κ3) is 4.58. The van der Waals surface area contributed by atoms with E-state index in [0.29, 0.717) is 32.1 Å². The van der Waals surface area contributed by atoms with Gasteiger partial charge < -0.3 is 19.1 Å². The number of rotatable bonds is 6. The Labute approximate surface area is 220 Å². The Kier molecular flexibility index (Phi) is 7.37. The Morgan fingerprint density at radius 1 is 1.14 bits per heavy atom. The maximum absolute atomic E-state index is 13.8. The van der Waals surface area contributed by atoms with Crippen LogP contribution < -0.4 is 29.3 Å². The number of esters is 1. The van der Waals surface area contributed by atoms with Crippen LogP contribution in [0.5, 0.6) is 11.5 Å². The average molecular weight is 572 g/mol. The molecule has 0 fully saturated rings. The smallest absolute Gasteiger partial charge is 0.338 e. The van der Waals surface area contributed by atoms with E-state index in [-0.39, 0.29) is 11.1 Å². The molecular formula is C26H26BrN3O5S. The molecule has 0 spiro atoms. The minimum absolute atomic E-state index is 0.261. The van der Waals surface area contributed by atoms with E-state index >= 15 is 0 Å². The first-order chi connectivity index (χ1) is 17.2. The molecule has 0 N–H and O–H groups in total. The number of aromatic nitrogens is 1. The number of thiazole rings is 1. The first-order valence-corrected chi connectivity index (χ1v) is 12.6.